The van der Waals surface area contributed by atoms with Crippen LogP contribution in [-0.4, -0.2) is 26.8 Å². The first-order chi connectivity index (χ1) is 17.5. The third kappa shape index (κ3) is 4.98. The number of hydrogen-bond acceptors (Lipinski definition) is 6. The molecule has 0 aliphatic heterocycles. The minimum absolute atomic E-state index is 0.0282. The normalized spacial score (nSPS) is 11.1. The number of thiazole rings is 1. The van der Waals surface area contributed by atoms with Crippen LogP contribution in [0.2, 0.25) is 5.02 Å². The van der Waals surface area contributed by atoms with Crippen LogP contribution in [0.25, 0.3) is 21.5 Å². The minimum Gasteiger partial charge on any atom is -0.507 e. The number of phenolic OH excluding ortho intramolecular Hbond substituents is 1. The summed E-state index contributed by atoms with van der Waals surface area (Å²) in [5.74, 6) is -0.647. The molecule has 176 valence electrons. The van der Waals surface area contributed by atoms with Crippen LogP contribution in [0.5, 0.6) is 5.75 Å². The maximum atomic E-state index is 12.3. The molecule has 0 aliphatic carbocycles. The Labute approximate surface area is 215 Å². The van der Waals surface area contributed by atoms with Crippen molar-refractivity contribution in [3.05, 3.63) is 106 Å². The van der Waals surface area contributed by atoms with Crippen molar-refractivity contribution < 1.29 is 9.90 Å². The largest absolute Gasteiger partial charge is 0.507 e. The van der Waals surface area contributed by atoms with E-state index in [1.165, 1.54) is 18.2 Å². The zero-order valence-electron chi connectivity index (χ0n) is 18.7. The van der Waals surface area contributed by atoms with Gasteiger partial charge in [-0.2, -0.15) is 10.4 Å². The van der Waals surface area contributed by atoms with Gasteiger partial charge in [-0.25, -0.2) is 10.4 Å². The zero-order chi connectivity index (χ0) is 25.1. The van der Waals surface area contributed by atoms with Gasteiger partial charge in [0.15, 0.2) is 0 Å². The fourth-order valence-corrected chi connectivity index (χ4v) is 4.66. The van der Waals surface area contributed by atoms with Crippen molar-refractivity contribution in [1.29, 1.82) is 5.26 Å². The Bertz CT molecular complexity index is 1650. The summed E-state index contributed by atoms with van der Waals surface area (Å²) >= 11 is 7.59. The lowest BCUT2D eigenvalue weighted by Gasteiger charge is -2.04. The van der Waals surface area contributed by atoms with Crippen molar-refractivity contribution in [3.8, 4) is 22.4 Å². The van der Waals surface area contributed by atoms with Crippen molar-refractivity contribution in [2.75, 3.05) is 0 Å². The number of nitrogens with one attached hydrogen (secondary N) is 1. The van der Waals surface area contributed by atoms with Gasteiger partial charge in [0, 0.05) is 38.6 Å². The first-order valence-electron chi connectivity index (χ1n) is 10.9. The van der Waals surface area contributed by atoms with E-state index in [2.05, 4.69) is 20.5 Å². The van der Waals surface area contributed by atoms with E-state index in [1.807, 2.05) is 60.8 Å². The van der Waals surface area contributed by atoms with Gasteiger partial charge in [-0.15, -0.1) is 11.3 Å². The fraction of sp³-hybridized carbons (Fsp3) is 0.0370. The Hall–Kier alpha value is -4.45. The number of hydrazone groups is 1. The van der Waals surface area contributed by atoms with Crippen LogP contribution in [0.3, 0.4) is 0 Å². The molecule has 3 aromatic carbocycles. The lowest BCUT2D eigenvalue weighted by atomic mass is 10.1. The lowest BCUT2D eigenvalue weighted by Crippen LogP contribution is -2.17. The maximum absolute atomic E-state index is 12.3. The van der Waals surface area contributed by atoms with Gasteiger partial charge < -0.3 is 9.67 Å². The molecule has 0 unspecified atom stereocenters. The van der Waals surface area contributed by atoms with Gasteiger partial charge in [-0.1, -0.05) is 29.8 Å². The monoisotopic (exact) mass is 511 g/mol. The highest BCUT2D eigenvalue weighted by Gasteiger charge is 2.10. The van der Waals surface area contributed by atoms with Gasteiger partial charge in [0.25, 0.3) is 5.91 Å². The molecule has 2 N–H and O–H groups in total. The number of aromatic nitrogens is 2. The quantitative estimate of drug-likeness (QED) is 0.222. The molecular weight excluding hydrogens is 494 g/mol. The summed E-state index contributed by atoms with van der Waals surface area (Å²) in [6, 6.07) is 21.5. The molecule has 0 saturated heterocycles. The highest BCUT2D eigenvalue weighted by Crippen LogP contribution is 2.26. The topological polar surface area (TPSA) is 103 Å². The van der Waals surface area contributed by atoms with E-state index in [-0.39, 0.29) is 16.9 Å². The van der Waals surface area contributed by atoms with E-state index < -0.39 is 5.91 Å². The van der Waals surface area contributed by atoms with Gasteiger partial charge in [-0.05, 0) is 54.1 Å². The molecule has 5 aromatic rings. The average Bonchev–Trinajstić information content (AvgIpc) is 3.52. The molecule has 1 amide bonds. The predicted molar refractivity (Wildman–Crippen MR) is 141 cm³/mol. The van der Waals surface area contributed by atoms with E-state index in [0.717, 1.165) is 32.7 Å². The minimum atomic E-state index is -0.476. The Morgan fingerprint density at radius 2 is 2.00 bits per heavy atom. The molecular formula is C27H18ClN5O2S. The number of nitrogens with zero attached hydrogens (tertiary/aromatic N) is 4. The van der Waals surface area contributed by atoms with Crippen molar-refractivity contribution >= 4 is 46.0 Å². The number of hydrogen-bond donors (Lipinski definition) is 2. The molecule has 0 spiro atoms. The molecule has 2 heterocycles. The number of fused-ring (bicyclic) bond motifs is 1. The fourth-order valence-electron chi connectivity index (χ4n) is 3.71. The molecule has 5 rings (SSSR count). The predicted octanol–water partition coefficient (Wildman–Crippen LogP) is 5.81. The number of aromatic hydroxyl groups is 1. The number of rotatable bonds is 6. The van der Waals surface area contributed by atoms with Crippen molar-refractivity contribution in [1.82, 2.24) is 15.0 Å². The number of halogens is 1. The zero-order valence-corrected chi connectivity index (χ0v) is 20.3. The Morgan fingerprint density at radius 1 is 1.17 bits per heavy atom. The second kappa shape index (κ2) is 10.0. The van der Waals surface area contributed by atoms with Crippen molar-refractivity contribution in [2.45, 2.75) is 6.54 Å². The third-order valence-corrected chi connectivity index (χ3v) is 6.72. The number of benzene rings is 3. The van der Waals surface area contributed by atoms with E-state index >= 15 is 0 Å². The molecule has 0 saturated carbocycles. The van der Waals surface area contributed by atoms with Gasteiger partial charge in [0.2, 0.25) is 0 Å². The van der Waals surface area contributed by atoms with Gasteiger partial charge >= 0.3 is 0 Å². The molecule has 0 atom stereocenters. The number of amides is 1. The van der Waals surface area contributed by atoms with E-state index in [4.69, 9.17) is 21.8 Å². The first-order valence-corrected chi connectivity index (χ1v) is 12.1. The van der Waals surface area contributed by atoms with Crippen LogP contribution < -0.4 is 5.43 Å². The maximum Gasteiger partial charge on any atom is 0.271 e. The number of carbonyl (C=O) groups excluding carboxylic acids is 1. The van der Waals surface area contributed by atoms with E-state index in [9.17, 15) is 9.90 Å². The van der Waals surface area contributed by atoms with Gasteiger partial charge in [0.1, 0.15) is 16.8 Å². The summed E-state index contributed by atoms with van der Waals surface area (Å²) in [4.78, 5) is 17.0. The molecule has 2 aromatic heterocycles. The summed E-state index contributed by atoms with van der Waals surface area (Å²) in [7, 11) is 0. The van der Waals surface area contributed by atoms with Gasteiger partial charge in [-0.3, -0.25) is 4.79 Å². The number of nitriles is 1. The smallest absolute Gasteiger partial charge is 0.271 e. The molecule has 36 heavy (non-hydrogen) atoms. The van der Waals surface area contributed by atoms with E-state index in [0.29, 0.717) is 11.6 Å². The summed E-state index contributed by atoms with van der Waals surface area (Å²) in [5, 5.41) is 27.3. The Kier molecular flexibility index (Phi) is 6.50. The van der Waals surface area contributed by atoms with Crippen LogP contribution in [0, 0.1) is 11.3 Å². The highest BCUT2D eigenvalue weighted by atomic mass is 35.5. The molecule has 0 fully saturated rings. The number of phenols is 1. The standard InChI is InChI=1S/C27H18ClN5O2S/c28-22-5-2-18(3-6-22)27-31-23(16-36-27)15-33-10-9-19-11-17(1-7-24(19)33)14-30-32-26(35)20-4-8-25(34)21(12-20)13-29/h1-12,14,16,34H,15H2,(H,32,35)/b30-14+. The third-order valence-electron chi connectivity index (χ3n) is 5.53. The van der Waals surface area contributed by atoms with Crippen LogP contribution >= 0.6 is 22.9 Å². The molecule has 0 bridgehead atoms. The second-order valence-corrected chi connectivity index (χ2v) is 9.25. The average molecular weight is 512 g/mol. The summed E-state index contributed by atoms with van der Waals surface area (Å²) in [6.45, 7) is 0.647. The highest BCUT2D eigenvalue weighted by molar-refractivity contribution is 7.13. The summed E-state index contributed by atoms with van der Waals surface area (Å²) < 4.78 is 2.14. The first kappa shape index (κ1) is 23.3. The number of carbonyl (C=O) groups is 1. The second-order valence-electron chi connectivity index (χ2n) is 7.96. The Morgan fingerprint density at radius 3 is 2.81 bits per heavy atom. The summed E-state index contributed by atoms with van der Waals surface area (Å²) in [5.41, 5.74) is 6.60. The molecule has 0 radical (unpaired) electrons. The molecule has 7 nitrogen and oxygen atoms in total. The van der Waals surface area contributed by atoms with Crippen LogP contribution in [-0.2, 0) is 6.54 Å². The van der Waals surface area contributed by atoms with Crippen LogP contribution in [0.1, 0.15) is 27.2 Å². The van der Waals surface area contributed by atoms with Crippen LogP contribution in [0.4, 0.5) is 0 Å². The van der Waals surface area contributed by atoms with Gasteiger partial charge in [0.05, 0.1) is 24.0 Å². The lowest BCUT2D eigenvalue weighted by molar-refractivity contribution is 0.0955. The van der Waals surface area contributed by atoms with Crippen molar-refractivity contribution in [2.24, 2.45) is 5.10 Å². The Balaban J connectivity index is 1.26. The van der Waals surface area contributed by atoms with Crippen molar-refractivity contribution in [3.63, 3.8) is 0 Å². The SMILES string of the molecule is N#Cc1cc(C(=O)N/N=C/c2ccc3c(ccn3Cc3csc(-c4ccc(Cl)cc4)n3)c2)ccc1O. The van der Waals surface area contributed by atoms with E-state index in [1.54, 1.807) is 17.6 Å². The molecule has 9 heteroatoms. The summed E-state index contributed by atoms with van der Waals surface area (Å²) in [6.07, 6.45) is 3.57. The van der Waals surface area contributed by atoms with Crippen LogP contribution in [0.15, 0.2) is 83.4 Å². The molecule has 0 aliphatic rings.